The Morgan fingerprint density at radius 3 is 2.69 bits per heavy atom. The molecule has 2 aromatic heterocycles. The minimum atomic E-state index is -0.185. The molecule has 150 valence electrons. The van der Waals surface area contributed by atoms with Crippen LogP contribution in [0.25, 0.3) is 0 Å². The summed E-state index contributed by atoms with van der Waals surface area (Å²) in [4.78, 5) is 33.2. The van der Waals surface area contributed by atoms with Crippen molar-refractivity contribution in [1.82, 2.24) is 9.88 Å². The lowest BCUT2D eigenvalue weighted by molar-refractivity contribution is -0.130. The van der Waals surface area contributed by atoms with Gasteiger partial charge in [0.05, 0.1) is 17.7 Å². The molecule has 3 aromatic rings. The summed E-state index contributed by atoms with van der Waals surface area (Å²) in [5.74, 6) is -0.132. The van der Waals surface area contributed by atoms with E-state index in [9.17, 15) is 9.59 Å². The van der Waals surface area contributed by atoms with Gasteiger partial charge in [-0.25, -0.2) is 4.98 Å². The highest BCUT2D eigenvalue weighted by Gasteiger charge is 2.22. The van der Waals surface area contributed by atoms with Gasteiger partial charge in [0.1, 0.15) is 0 Å². The molecule has 0 radical (unpaired) electrons. The number of amides is 2. The van der Waals surface area contributed by atoms with Crippen molar-refractivity contribution >= 4 is 56.9 Å². The fourth-order valence-corrected chi connectivity index (χ4v) is 4.69. The number of thiophene rings is 1. The predicted octanol–water partition coefficient (Wildman–Crippen LogP) is 4.00. The summed E-state index contributed by atoms with van der Waals surface area (Å²) in [5, 5.41) is 9.47. The van der Waals surface area contributed by atoms with Crippen LogP contribution in [0.1, 0.15) is 16.1 Å². The summed E-state index contributed by atoms with van der Waals surface area (Å²) in [5.41, 5.74) is 2.37. The van der Waals surface area contributed by atoms with Crippen LogP contribution in [-0.2, 0) is 11.2 Å². The van der Waals surface area contributed by atoms with E-state index in [1.54, 1.807) is 11.4 Å². The van der Waals surface area contributed by atoms with Crippen molar-refractivity contribution in [3.05, 3.63) is 62.8 Å². The molecule has 4 rings (SSSR count). The Labute approximate surface area is 181 Å². The van der Waals surface area contributed by atoms with Crippen LogP contribution in [0, 0.1) is 0 Å². The van der Waals surface area contributed by atoms with Gasteiger partial charge < -0.3 is 9.80 Å². The summed E-state index contributed by atoms with van der Waals surface area (Å²) < 4.78 is 0. The lowest BCUT2D eigenvalue weighted by atomic mass is 10.2. The Morgan fingerprint density at radius 1 is 1.14 bits per heavy atom. The second kappa shape index (κ2) is 8.94. The Bertz CT molecular complexity index is 998. The number of nitrogens with zero attached hydrogens (tertiary/aromatic N) is 3. The molecule has 0 aliphatic carbocycles. The van der Waals surface area contributed by atoms with Crippen molar-refractivity contribution in [2.24, 2.45) is 0 Å². The molecule has 0 unspecified atom stereocenters. The highest BCUT2D eigenvalue weighted by molar-refractivity contribution is 7.14. The van der Waals surface area contributed by atoms with Gasteiger partial charge >= 0.3 is 0 Å². The van der Waals surface area contributed by atoms with Gasteiger partial charge in [-0.1, -0.05) is 17.7 Å². The van der Waals surface area contributed by atoms with Gasteiger partial charge in [0.25, 0.3) is 5.91 Å². The largest absolute Gasteiger partial charge is 0.368 e. The van der Waals surface area contributed by atoms with Gasteiger partial charge in [-0.3, -0.25) is 14.9 Å². The van der Waals surface area contributed by atoms with E-state index in [0.717, 1.165) is 18.8 Å². The van der Waals surface area contributed by atoms with E-state index >= 15 is 0 Å². The molecule has 1 saturated heterocycles. The third-order valence-corrected chi connectivity index (χ3v) is 6.42. The second-order valence-electron chi connectivity index (χ2n) is 6.63. The van der Waals surface area contributed by atoms with Gasteiger partial charge in [-0.05, 0) is 29.6 Å². The van der Waals surface area contributed by atoms with Gasteiger partial charge in [0, 0.05) is 47.6 Å². The van der Waals surface area contributed by atoms with Crippen LogP contribution in [0.4, 0.5) is 10.8 Å². The quantitative estimate of drug-likeness (QED) is 0.643. The molecule has 9 heteroatoms. The molecule has 1 aliphatic heterocycles. The van der Waals surface area contributed by atoms with E-state index < -0.39 is 0 Å². The van der Waals surface area contributed by atoms with Crippen molar-refractivity contribution < 1.29 is 9.59 Å². The molecule has 1 N–H and O–H groups in total. The summed E-state index contributed by atoms with van der Waals surface area (Å²) in [7, 11) is 0. The number of benzene rings is 1. The summed E-state index contributed by atoms with van der Waals surface area (Å²) >= 11 is 8.87. The predicted molar refractivity (Wildman–Crippen MR) is 118 cm³/mol. The van der Waals surface area contributed by atoms with Crippen molar-refractivity contribution in [1.29, 1.82) is 0 Å². The first kappa shape index (κ1) is 19.9. The maximum absolute atomic E-state index is 12.6. The van der Waals surface area contributed by atoms with E-state index in [1.807, 2.05) is 39.9 Å². The van der Waals surface area contributed by atoms with Crippen molar-refractivity contribution in [3.8, 4) is 0 Å². The normalized spacial score (nSPS) is 14.1. The minimum Gasteiger partial charge on any atom is -0.368 e. The van der Waals surface area contributed by atoms with Crippen molar-refractivity contribution in [2.75, 3.05) is 36.4 Å². The Balaban J connectivity index is 1.29. The van der Waals surface area contributed by atoms with E-state index in [1.165, 1.54) is 22.7 Å². The van der Waals surface area contributed by atoms with Crippen LogP contribution >= 0.6 is 34.3 Å². The van der Waals surface area contributed by atoms with E-state index in [4.69, 9.17) is 11.6 Å². The first-order valence-electron chi connectivity index (χ1n) is 9.15. The number of hydrogen-bond donors (Lipinski definition) is 1. The molecule has 1 aliphatic rings. The fraction of sp³-hybridized carbons (Fsp3) is 0.250. The van der Waals surface area contributed by atoms with E-state index in [-0.39, 0.29) is 18.2 Å². The van der Waals surface area contributed by atoms with Crippen molar-refractivity contribution in [2.45, 2.75) is 6.42 Å². The first-order chi connectivity index (χ1) is 14.1. The van der Waals surface area contributed by atoms with Crippen molar-refractivity contribution in [3.63, 3.8) is 0 Å². The summed E-state index contributed by atoms with van der Waals surface area (Å²) in [6.45, 7) is 2.87. The number of rotatable bonds is 5. The Hall–Kier alpha value is -2.42. The standard InChI is InChI=1S/C20H19ClN4O2S2/c21-15-2-1-3-17(10-15)24-5-7-25(8-6-24)18(26)11-16-13-29-20(22-16)23-19(27)14-4-9-28-12-14/h1-4,9-10,12-13H,5-8,11H2,(H,22,23,27). The SMILES string of the molecule is O=C(Nc1nc(CC(=O)N2CCN(c3cccc(Cl)c3)CC2)cs1)c1ccsc1. The minimum absolute atomic E-state index is 0.0526. The second-order valence-corrected chi connectivity index (χ2v) is 8.71. The molecule has 1 fully saturated rings. The Morgan fingerprint density at radius 2 is 1.97 bits per heavy atom. The number of aromatic nitrogens is 1. The molecule has 3 heterocycles. The van der Waals surface area contributed by atoms with Crippen LogP contribution in [0.2, 0.25) is 5.02 Å². The zero-order valence-corrected chi connectivity index (χ0v) is 17.9. The number of carbonyl (C=O) groups is 2. The lowest BCUT2D eigenvalue weighted by Crippen LogP contribution is -2.49. The average Bonchev–Trinajstić information content (AvgIpc) is 3.40. The van der Waals surface area contributed by atoms with Gasteiger partial charge in [-0.15, -0.1) is 11.3 Å². The molecule has 0 atom stereocenters. The average molecular weight is 447 g/mol. The van der Waals surface area contributed by atoms with Gasteiger partial charge in [0.2, 0.25) is 5.91 Å². The number of hydrogen-bond acceptors (Lipinski definition) is 6. The van der Waals surface area contributed by atoms with E-state index in [0.29, 0.717) is 34.5 Å². The van der Waals surface area contributed by atoms with Gasteiger partial charge in [-0.2, -0.15) is 11.3 Å². The number of carbonyl (C=O) groups excluding carboxylic acids is 2. The third kappa shape index (κ3) is 4.95. The Kier molecular flexibility index (Phi) is 6.13. The molecule has 29 heavy (non-hydrogen) atoms. The van der Waals surface area contributed by atoms with E-state index in [2.05, 4.69) is 15.2 Å². The molecule has 0 saturated carbocycles. The smallest absolute Gasteiger partial charge is 0.258 e. The zero-order valence-electron chi connectivity index (χ0n) is 15.5. The first-order valence-corrected chi connectivity index (χ1v) is 11.3. The lowest BCUT2D eigenvalue weighted by Gasteiger charge is -2.36. The molecule has 0 bridgehead atoms. The molecule has 0 spiro atoms. The summed E-state index contributed by atoms with van der Waals surface area (Å²) in [6.07, 6.45) is 0.238. The molecule has 6 nitrogen and oxygen atoms in total. The number of halogens is 1. The van der Waals surface area contributed by atoms with Crippen LogP contribution < -0.4 is 10.2 Å². The summed E-state index contributed by atoms with van der Waals surface area (Å²) in [6, 6.07) is 9.54. The molecular formula is C20H19ClN4O2S2. The zero-order chi connectivity index (χ0) is 20.2. The number of thiazole rings is 1. The molecule has 1 aromatic carbocycles. The number of nitrogens with one attached hydrogen (secondary N) is 1. The number of anilines is 2. The van der Waals surface area contributed by atoms with Crippen LogP contribution in [0.3, 0.4) is 0 Å². The highest BCUT2D eigenvalue weighted by Crippen LogP contribution is 2.22. The van der Waals surface area contributed by atoms with Crippen LogP contribution in [0.15, 0.2) is 46.5 Å². The monoisotopic (exact) mass is 446 g/mol. The van der Waals surface area contributed by atoms with Gasteiger partial charge in [0.15, 0.2) is 5.13 Å². The third-order valence-electron chi connectivity index (χ3n) is 4.69. The molecule has 2 amide bonds. The maximum Gasteiger partial charge on any atom is 0.258 e. The molecular weight excluding hydrogens is 428 g/mol. The topological polar surface area (TPSA) is 65.5 Å². The maximum atomic E-state index is 12.6. The highest BCUT2D eigenvalue weighted by atomic mass is 35.5. The number of piperazine rings is 1. The van der Waals surface area contributed by atoms with Crippen LogP contribution in [-0.4, -0.2) is 47.9 Å². The van der Waals surface area contributed by atoms with Crippen LogP contribution in [0.5, 0.6) is 0 Å². The fourth-order valence-electron chi connectivity index (χ4n) is 3.16.